The molecule has 0 heterocycles. The van der Waals surface area contributed by atoms with E-state index in [1.807, 2.05) is 13.0 Å². The predicted molar refractivity (Wildman–Crippen MR) is 81.5 cm³/mol. The molecule has 0 bridgehead atoms. The van der Waals surface area contributed by atoms with E-state index in [4.69, 9.17) is 5.26 Å². The van der Waals surface area contributed by atoms with Crippen LogP contribution in [-0.2, 0) is 0 Å². The molecule has 0 amide bonds. The Morgan fingerprint density at radius 3 is 2.48 bits per heavy atom. The quantitative estimate of drug-likeness (QED) is 0.860. The third-order valence-corrected chi connectivity index (χ3v) is 4.16. The molecule has 0 atom stereocenters. The Morgan fingerprint density at radius 2 is 1.90 bits per heavy atom. The topological polar surface area (TPSA) is 73.5 Å². The number of nitriles is 1. The van der Waals surface area contributed by atoms with Crippen molar-refractivity contribution in [3.63, 3.8) is 0 Å². The van der Waals surface area contributed by atoms with Crippen LogP contribution in [-0.4, -0.2) is 23.3 Å². The molecule has 1 aliphatic rings. The van der Waals surface area contributed by atoms with Crippen molar-refractivity contribution in [2.45, 2.75) is 32.6 Å². The number of nitrogens with zero attached hydrogens (tertiary/aromatic N) is 2. The molecule has 21 heavy (non-hydrogen) atoms. The maximum absolute atomic E-state index is 11.2. The van der Waals surface area contributed by atoms with Crippen molar-refractivity contribution in [3.8, 4) is 6.07 Å². The Hall–Kier alpha value is -2.15. The summed E-state index contributed by atoms with van der Waals surface area (Å²) in [4.78, 5) is 15.8. The van der Waals surface area contributed by atoms with Crippen molar-refractivity contribution in [2.24, 2.45) is 16.8 Å². The number of benzene rings is 1. The molecule has 1 saturated carbocycles. The molecule has 1 aliphatic carbocycles. The summed E-state index contributed by atoms with van der Waals surface area (Å²) in [7, 11) is 0. The van der Waals surface area contributed by atoms with Crippen molar-refractivity contribution in [3.05, 3.63) is 35.4 Å². The van der Waals surface area contributed by atoms with E-state index in [-0.39, 0.29) is 5.92 Å². The van der Waals surface area contributed by atoms with Gasteiger partial charge in [-0.1, -0.05) is 18.2 Å². The van der Waals surface area contributed by atoms with E-state index in [1.54, 1.807) is 18.2 Å². The van der Waals surface area contributed by atoms with Gasteiger partial charge in [0.2, 0.25) is 0 Å². The highest BCUT2D eigenvalue weighted by Crippen LogP contribution is 2.28. The number of carboxylic acid groups (broad SMARTS) is 1. The molecule has 0 saturated heterocycles. The molecule has 0 aliphatic heterocycles. The summed E-state index contributed by atoms with van der Waals surface area (Å²) in [6, 6.07) is 9.30. The zero-order valence-corrected chi connectivity index (χ0v) is 12.2. The molecule has 1 aromatic carbocycles. The summed E-state index contributed by atoms with van der Waals surface area (Å²) in [6.07, 6.45) is 3.99. The largest absolute Gasteiger partial charge is 0.478 e. The van der Waals surface area contributed by atoms with Gasteiger partial charge in [0.05, 0.1) is 11.6 Å². The van der Waals surface area contributed by atoms with E-state index in [0.717, 1.165) is 37.9 Å². The molecular weight excluding hydrogens is 264 g/mol. The Bertz CT molecular complexity index is 579. The van der Waals surface area contributed by atoms with Crippen LogP contribution in [0.2, 0.25) is 0 Å². The van der Waals surface area contributed by atoms with Gasteiger partial charge in [0.15, 0.2) is 0 Å². The van der Waals surface area contributed by atoms with Crippen LogP contribution < -0.4 is 0 Å². The predicted octanol–water partition coefficient (Wildman–Crippen LogP) is 3.52. The van der Waals surface area contributed by atoms with Crippen LogP contribution in [0, 0.1) is 23.2 Å². The first-order valence-corrected chi connectivity index (χ1v) is 7.35. The number of hydrogen-bond donors (Lipinski definition) is 1. The summed E-state index contributed by atoms with van der Waals surface area (Å²) in [5.74, 6) is -0.199. The van der Waals surface area contributed by atoms with Gasteiger partial charge in [0.1, 0.15) is 0 Å². The second-order valence-electron chi connectivity index (χ2n) is 5.62. The Morgan fingerprint density at radius 1 is 1.29 bits per heavy atom. The maximum atomic E-state index is 11.2. The van der Waals surface area contributed by atoms with E-state index in [2.05, 4.69) is 11.1 Å². The molecule has 0 radical (unpaired) electrons. The van der Waals surface area contributed by atoms with Crippen molar-refractivity contribution in [2.75, 3.05) is 6.54 Å². The van der Waals surface area contributed by atoms with Crippen molar-refractivity contribution >= 4 is 11.7 Å². The highest BCUT2D eigenvalue weighted by molar-refractivity contribution is 6.07. The van der Waals surface area contributed by atoms with Gasteiger partial charge in [0, 0.05) is 23.7 Å². The van der Waals surface area contributed by atoms with Crippen LogP contribution in [0.15, 0.2) is 29.3 Å². The highest BCUT2D eigenvalue weighted by Gasteiger charge is 2.20. The van der Waals surface area contributed by atoms with Crippen molar-refractivity contribution < 1.29 is 9.90 Å². The molecule has 4 heteroatoms. The summed E-state index contributed by atoms with van der Waals surface area (Å²) in [6.45, 7) is 2.58. The van der Waals surface area contributed by atoms with E-state index in [1.165, 1.54) is 0 Å². The van der Waals surface area contributed by atoms with Gasteiger partial charge in [-0.2, -0.15) is 5.26 Å². The molecule has 0 unspecified atom stereocenters. The second-order valence-corrected chi connectivity index (χ2v) is 5.62. The van der Waals surface area contributed by atoms with Gasteiger partial charge in [-0.15, -0.1) is 0 Å². The average Bonchev–Trinajstić information content (AvgIpc) is 2.53. The van der Waals surface area contributed by atoms with Gasteiger partial charge in [0.25, 0.3) is 0 Å². The van der Waals surface area contributed by atoms with Gasteiger partial charge in [-0.25, -0.2) is 4.79 Å². The summed E-state index contributed by atoms with van der Waals surface area (Å²) >= 11 is 0. The number of aromatic carboxylic acids is 1. The average molecular weight is 284 g/mol. The number of rotatable bonds is 4. The maximum Gasteiger partial charge on any atom is 0.336 e. The monoisotopic (exact) mass is 284 g/mol. The molecule has 2 rings (SSSR count). The minimum Gasteiger partial charge on any atom is -0.478 e. The SMILES string of the molecule is CC(=NCC1CCC(C#N)CC1)c1ccccc1C(=O)O. The second kappa shape index (κ2) is 7.03. The first kappa shape index (κ1) is 15.2. The van der Waals surface area contributed by atoms with Crippen molar-refractivity contribution in [1.29, 1.82) is 5.26 Å². The first-order valence-electron chi connectivity index (χ1n) is 7.35. The Kier molecular flexibility index (Phi) is 5.10. The third kappa shape index (κ3) is 3.91. The Balaban J connectivity index is 2.02. The lowest BCUT2D eigenvalue weighted by Gasteiger charge is -2.23. The van der Waals surface area contributed by atoms with Gasteiger partial charge in [-0.05, 0) is 44.6 Å². The first-order chi connectivity index (χ1) is 10.1. The van der Waals surface area contributed by atoms with E-state index in [0.29, 0.717) is 17.0 Å². The molecule has 0 spiro atoms. The Labute approximate surface area is 125 Å². The van der Waals surface area contributed by atoms with Crippen LogP contribution in [0.3, 0.4) is 0 Å². The van der Waals surface area contributed by atoms with Crippen molar-refractivity contribution in [1.82, 2.24) is 0 Å². The smallest absolute Gasteiger partial charge is 0.336 e. The molecule has 1 N–H and O–H groups in total. The van der Waals surface area contributed by atoms with E-state index in [9.17, 15) is 9.90 Å². The van der Waals surface area contributed by atoms with Crippen LogP contribution in [0.25, 0.3) is 0 Å². The molecule has 0 aromatic heterocycles. The fourth-order valence-electron chi connectivity index (χ4n) is 2.81. The zero-order valence-electron chi connectivity index (χ0n) is 12.2. The minimum atomic E-state index is -0.922. The van der Waals surface area contributed by atoms with Gasteiger partial charge < -0.3 is 5.11 Å². The molecule has 4 nitrogen and oxygen atoms in total. The summed E-state index contributed by atoms with van der Waals surface area (Å²) < 4.78 is 0. The summed E-state index contributed by atoms with van der Waals surface area (Å²) in [5, 5.41) is 18.1. The van der Waals surface area contributed by atoms with Gasteiger partial charge >= 0.3 is 5.97 Å². The normalized spacial score (nSPS) is 22.6. The third-order valence-electron chi connectivity index (χ3n) is 4.16. The van der Waals surface area contributed by atoms with Crippen LogP contribution in [0.4, 0.5) is 0 Å². The number of hydrogen-bond acceptors (Lipinski definition) is 3. The van der Waals surface area contributed by atoms with Gasteiger partial charge in [-0.3, -0.25) is 4.99 Å². The van der Waals surface area contributed by atoms with E-state index >= 15 is 0 Å². The van der Waals surface area contributed by atoms with E-state index < -0.39 is 5.97 Å². The molecule has 1 fully saturated rings. The number of carbonyl (C=O) groups is 1. The fraction of sp³-hybridized carbons (Fsp3) is 0.471. The van der Waals surface area contributed by atoms with Crippen LogP contribution in [0.1, 0.15) is 48.5 Å². The van der Waals surface area contributed by atoms with Crippen LogP contribution in [0.5, 0.6) is 0 Å². The molecule has 1 aromatic rings. The minimum absolute atomic E-state index is 0.207. The molecular formula is C17H20N2O2. The number of carboxylic acids is 1. The zero-order chi connectivity index (χ0) is 15.2. The summed E-state index contributed by atoms with van der Waals surface area (Å²) in [5.41, 5.74) is 1.76. The lowest BCUT2D eigenvalue weighted by atomic mass is 9.83. The lowest BCUT2D eigenvalue weighted by Crippen LogP contribution is -2.16. The standard InChI is InChI=1S/C17H20N2O2/c1-12(15-4-2-3-5-16(15)17(20)21)19-11-14-8-6-13(10-18)7-9-14/h2-5,13-14H,6-9,11H2,1H3,(H,20,21). The van der Waals surface area contributed by atoms with Crippen LogP contribution >= 0.6 is 0 Å². The highest BCUT2D eigenvalue weighted by atomic mass is 16.4. The number of aliphatic imine (C=N–C) groups is 1. The molecule has 110 valence electrons. The fourth-order valence-corrected chi connectivity index (χ4v) is 2.81. The lowest BCUT2D eigenvalue weighted by molar-refractivity contribution is 0.0696.